The van der Waals surface area contributed by atoms with Crippen LogP contribution >= 0.6 is 28.1 Å². The van der Waals surface area contributed by atoms with Gasteiger partial charge in [0.25, 0.3) is 17.5 Å². The van der Waals surface area contributed by atoms with Crippen molar-refractivity contribution in [2.45, 2.75) is 6.61 Å². The molecular weight excluding hydrogens is 541 g/mol. The predicted octanol–water partition coefficient (Wildman–Crippen LogP) is 4.91. The van der Waals surface area contributed by atoms with Crippen molar-refractivity contribution in [2.75, 3.05) is 4.90 Å². The molecule has 0 aliphatic carbocycles. The highest BCUT2D eigenvalue weighted by Gasteiger charge is 2.35. The largest absolute Gasteiger partial charge is 0.488 e. The van der Waals surface area contributed by atoms with Crippen molar-refractivity contribution in [1.82, 2.24) is 5.32 Å². The fourth-order valence-electron chi connectivity index (χ4n) is 3.35. The van der Waals surface area contributed by atoms with Crippen molar-refractivity contribution in [3.05, 3.63) is 104 Å². The summed E-state index contributed by atoms with van der Waals surface area (Å²) in [6.07, 6.45) is 1.32. The Hall–Kier alpha value is -3.96. The Morgan fingerprint density at radius 3 is 2.63 bits per heavy atom. The van der Waals surface area contributed by atoms with Gasteiger partial charge in [-0.15, -0.1) is 0 Å². The minimum atomic E-state index is -0.798. The van der Waals surface area contributed by atoms with E-state index >= 15 is 0 Å². The second kappa shape index (κ2) is 10.1. The van der Waals surface area contributed by atoms with Crippen LogP contribution in [0.15, 0.2) is 76.8 Å². The summed E-state index contributed by atoms with van der Waals surface area (Å²) < 4.78 is 20.9. The first-order valence-electron chi connectivity index (χ1n) is 10.1. The van der Waals surface area contributed by atoms with Gasteiger partial charge in [-0.1, -0.05) is 40.2 Å². The zero-order valence-electron chi connectivity index (χ0n) is 17.7. The van der Waals surface area contributed by atoms with Gasteiger partial charge in [0.2, 0.25) is 0 Å². The van der Waals surface area contributed by atoms with Crippen molar-refractivity contribution in [1.29, 1.82) is 0 Å². The number of nitro benzene ring substituents is 1. The Labute approximate surface area is 212 Å². The molecule has 35 heavy (non-hydrogen) atoms. The van der Waals surface area contributed by atoms with Crippen LogP contribution < -0.4 is 15.0 Å². The van der Waals surface area contributed by atoms with Crippen LogP contribution in [-0.4, -0.2) is 21.9 Å². The number of rotatable bonds is 6. The fourth-order valence-corrected chi connectivity index (χ4v) is 4.00. The van der Waals surface area contributed by atoms with E-state index in [1.807, 2.05) is 0 Å². The van der Waals surface area contributed by atoms with E-state index < -0.39 is 22.6 Å². The Kier molecular flexibility index (Phi) is 6.99. The highest BCUT2D eigenvalue weighted by Crippen LogP contribution is 2.29. The highest BCUT2D eigenvalue weighted by molar-refractivity contribution is 9.10. The van der Waals surface area contributed by atoms with Gasteiger partial charge in [0, 0.05) is 22.2 Å². The van der Waals surface area contributed by atoms with Gasteiger partial charge in [0.1, 0.15) is 23.7 Å². The number of nitrogens with one attached hydrogen (secondary N) is 1. The third-order valence-electron chi connectivity index (χ3n) is 4.98. The average Bonchev–Trinajstić information content (AvgIpc) is 2.82. The van der Waals surface area contributed by atoms with Crippen LogP contribution in [0.25, 0.3) is 6.08 Å². The maximum absolute atomic E-state index is 14.4. The molecule has 3 aromatic rings. The number of benzene rings is 3. The fraction of sp³-hybridized carbons (Fsp3) is 0.0417. The molecule has 1 N–H and O–H groups in total. The molecule has 1 saturated heterocycles. The molecule has 176 valence electrons. The number of hydrogen-bond donors (Lipinski definition) is 1. The second-order valence-corrected chi connectivity index (χ2v) is 8.61. The number of halogens is 2. The molecule has 0 atom stereocenters. The number of non-ortho nitro benzene ring substituents is 1. The van der Waals surface area contributed by atoms with E-state index in [1.165, 1.54) is 36.4 Å². The summed E-state index contributed by atoms with van der Waals surface area (Å²) in [4.78, 5) is 37.3. The van der Waals surface area contributed by atoms with Crippen molar-refractivity contribution in [3.63, 3.8) is 0 Å². The van der Waals surface area contributed by atoms with Crippen molar-refractivity contribution < 1.29 is 23.6 Å². The van der Waals surface area contributed by atoms with Gasteiger partial charge in [0.05, 0.1) is 10.6 Å². The Bertz CT molecular complexity index is 1410. The van der Waals surface area contributed by atoms with E-state index in [2.05, 4.69) is 21.2 Å². The molecule has 8 nitrogen and oxygen atoms in total. The maximum Gasteiger partial charge on any atom is 0.270 e. The standard InChI is InChI=1S/C24H15BrFN3O5S/c25-16-8-9-21(34-13-14-4-3-5-17(10-14)29(32)33)15(11-16)12-18-22(30)27-24(35)28(23(18)31)20-7-2-1-6-19(20)26/h1-12H,13H2,(H,27,30,35)/b18-12+. The Balaban J connectivity index is 1.67. The summed E-state index contributed by atoms with van der Waals surface area (Å²) >= 11 is 8.47. The molecule has 2 amide bonds. The number of hydrogen-bond acceptors (Lipinski definition) is 6. The summed E-state index contributed by atoms with van der Waals surface area (Å²) in [5.41, 5.74) is 0.496. The SMILES string of the molecule is O=C1NC(=S)N(c2ccccc2F)C(=O)/C1=C/c1cc(Br)ccc1OCc1cccc([N+](=O)[O-])c1. The Morgan fingerprint density at radius 1 is 1.11 bits per heavy atom. The number of para-hydroxylation sites is 1. The molecular formula is C24H15BrFN3O5S. The van der Waals surface area contributed by atoms with Gasteiger partial charge in [-0.25, -0.2) is 9.29 Å². The van der Waals surface area contributed by atoms with E-state index in [9.17, 15) is 24.1 Å². The quantitative estimate of drug-likeness (QED) is 0.152. The third-order valence-corrected chi connectivity index (χ3v) is 5.76. The molecule has 0 radical (unpaired) electrons. The number of thiocarbonyl (C=S) groups is 1. The lowest BCUT2D eigenvalue weighted by molar-refractivity contribution is -0.384. The monoisotopic (exact) mass is 555 g/mol. The zero-order valence-corrected chi connectivity index (χ0v) is 20.1. The molecule has 1 aliphatic rings. The summed E-state index contributed by atoms with van der Waals surface area (Å²) in [7, 11) is 0. The van der Waals surface area contributed by atoms with Gasteiger partial charge in [-0.3, -0.25) is 25.0 Å². The summed E-state index contributed by atoms with van der Waals surface area (Å²) in [6, 6.07) is 16.5. The number of amides is 2. The number of anilines is 1. The normalized spacial score (nSPS) is 14.7. The molecule has 0 spiro atoms. The van der Waals surface area contributed by atoms with Gasteiger partial charge in [-0.05, 0) is 54.2 Å². The second-order valence-electron chi connectivity index (χ2n) is 7.31. The van der Waals surface area contributed by atoms with Crippen molar-refractivity contribution in [3.8, 4) is 5.75 Å². The Morgan fingerprint density at radius 2 is 1.89 bits per heavy atom. The number of carbonyl (C=O) groups excluding carboxylic acids is 2. The van der Waals surface area contributed by atoms with E-state index in [1.54, 1.807) is 36.4 Å². The van der Waals surface area contributed by atoms with E-state index in [-0.39, 0.29) is 28.7 Å². The van der Waals surface area contributed by atoms with Crippen LogP contribution in [0.2, 0.25) is 0 Å². The van der Waals surface area contributed by atoms with Gasteiger partial charge in [0.15, 0.2) is 5.11 Å². The lowest BCUT2D eigenvalue weighted by Gasteiger charge is -2.29. The summed E-state index contributed by atoms with van der Waals surface area (Å²) in [6.45, 7) is 0.00503. The first-order valence-corrected chi connectivity index (χ1v) is 11.3. The molecule has 0 bridgehead atoms. The molecule has 1 heterocycles. The molecule has 4 rings (SSSR count). The molecule has 3 aromatic carbocycles. The topological polar surface area (TPSA) is 102 Å². The van der Waals surface area contributed by atoms with Crippen molar-refractivity contribution >= 4 is 62.5 Å². The first kappa shape index (κ1) is 24.2. The first-order chi connectivity index (χ1) is 16.7. The van der Waals surface area contributed by atoms with Crippen LogP contribution in [0.4, 0.5) is 15.8 Å². The lowest BCUT2D eigenvalue weighted by atomic mass is 10.1. The van der Waals surface area contributed by atoms with E-state index in [4.69, 9.17) is 17.0 Å². The smallest absolute Gasteiger partial charge is 0.270 e. The predicted molar refractivity (Wildman–Crippen MR) is 134 cm³/mol. The van der Waals surface area contributed by atoms with E-state index in [0.29, 0.717) is 21.3 Å². The maximum atomic E-state index is 14.4. The number of nitrogens with zero attached hydrogens (tertiary/aromatic N) is 2. The summed E-state index contributed by atoms with van der Waals surface area (Å²) in [5, 5.41) is 13.2. The number of carbonyl (C=O) groups is 2. The van der Waals surface area contributed by atoms with Gasteiger partial charge >= 0.3 is 0 Å². The number of ether oxygens (including phenoxy) is 1. The molecule has 1 fully saturated rings. The third kappa shape index (κ3) is 5.26. The molecule has 11 heteroatoms. The molecule has 0 saturated carbocycles. The molecule has 0 unspecified atom stereocenters. The molecule has 0 aromatic heterocycles. The van der Waals surface area contributed by atoms with Crippen LogP contribution in [0, 0.1) is 15.9 Å². The van der Waals surface area contributed by atoms with Crippen LogP contribution in [0.3, 0.4) is 0 Å². The van der Waals surface area contributed by atoms with Crippen LogP contribution in [-0.2, 0) is 16.2 Å². The molecule has 1 aliphatic heterocycles. The van der Waals surface area contributed by atoms with Crippen molar-refractivity contribution in [2.24, 2.45) is 0 Å². The number of nitro groups is 1. The minimum absolute atomic E-state index is 0.00503. The van der Waals surface area contributed by atoms with Crippen LogP contribution in [0.5, 0.6) is 5.75 Å². The van der Waals surface area contributed by atoms with Gasteiger partial charge < -0.3 is 4.74 Å². The summed E-state index contributed by atoms with van der Waals surface area (Å²) in [5.74, 6) is -1.90. The average molecular weight is 556 g/mol. The minimum Gasteiger partial charge on any atom is -0.488 e. The van der Waals surface area contributed by atoms with E-state index in [0.717, 1.165) is 4.90 Å². The van der Waals surface area contributed by atoms with Gasteiger partial charge in [-0.2, -0.15) is 0 Å². The highest BCUT2D eigenvalue weighted by atomic mass is 79.9. The zero-order chi connectivity index (χ0) is 25.1. The lowest BCUT2D eigenvalue weighted by Crippen LogP contribution is -2.54. The van der Waals surface area contributed by atoms with Crippen LogP contribution in [0.1, 0.15) is 11.1 Å².